The van der Waals surface area contributed by atoms with Gasteiger partial charge in [0.15, 0.2) is 5.75 Å². The molecule has 2 heterocycles. The molecule has 3 aliphatic rings. The predicted octanol–water partition coefficient (Wildman–Crippen LogP) is 5.02. The number of hydrogen-bond donors (Lipinski definition) is 0. The lowest BCUT2D eigenvalue weighted by Gasteiger charge is -2.46. The van der Waals surface area contributed by atoms with Gasteiger partial charge in [0.1, 0.15) is 18.3 Å². The number of anilines is 1. The van der Waals surface area contributed by atoms with E-state index < -0.39 is 5.72 Å². The van der Waals surface area contributed by atoms with Crippen molar-refractivity contribution in [1.82, 2.24) is 4.90 Å². The summed E-state index contributed by atoms with van der Waals surface area (Å²) in [6, 6.07) is 8.72. The van der Waals surface area contributed by atoms with E-state index in [9.17, 15) is 9.59 Å². The minimum Gasteiger partial charge on any atom is -0.459 e. The van der Waals surface area contributed by atoms with Gasteiger partial charge >= 0.3 is 0 Å². The first-order chi connectivity index (χ1) is 17.4. The van der Waals surface area contributed by atoms with Crippen LogP contribution in [0.4, 0.5) is 11.4 Å². The van der Waals surface area contributed by atoms with Crippen LogP contribution in [0.25, 0.3) is 6.08 Å². The molecule has 0 amide bonds. The summed E-state index contributed by atoms with van der Waals surface area (Å²) in [7, 11) is 2.09. The predicted molar refractivity (Wildman–Crippen MR) is 145 cm³/mol. The zero-order valence-electron chi connectivity index (χ0n) is 21.7. The Kier molecular flexibility index (Phi) is 6.33. The number of carbonyl (C=O) groups excluding carboxylic acids is 2. The van der Waals surface area contributed by atoms with Gasteiger partial charge in [-0.15, -0.1) is 0 Å². The molecule has 1 aliphatic carbocycles. The summed E-state index contributed by atoms with van der Waals surface area (Å²) >= 11 is 0. The molecule has 2 aliphatic heterocycles. The molecular formula is C30H35N3O3. The summed E-state index contributed by atoms with van der Waals surface area (Å²) in [4.78, 5) is 31.8. The smallest absolute Gasteiger partial charge is 0.228 e. The van der Waals surface area contributed by atoms with Crippen LogP contribution < -0.4 is 9.64 Å². The van der Waals surface area contributed by atoms with Crippen LogP contribution in [-0.2, 0) is 34.4 Å². The van der Waals surface area contributed by atoms with Crippen LogP contribution in [0.15, 0.2) is 35.3 Å². The summed E-state index contributed by atoms with van der Waals surface area (Å²) in [6.45, 7) is 7.53. The molecule has 2 aromatic carbocycles. The summed E-state index contributed by atoms with van der Waals surface area (Å²) in [6.07, 6.45) is 12.0. The zero-order valence-corrected chi connectivity index (χ0v) is 21.7. The van der Waals surface area contributed by atoms with Crippen molar-refractivity contribution in [3.8, 4) is 5.75 Å². The van der Waals surface area contributed by atoms with Gasteiger partial charge < -0.3 is 19.2 Å². The van der Waals surface area contributed by atoms with E-state index in [1.165, 1.54) is 22.4 Å². The Balaban J connectivity index is 1.66. The van der Waals surface area contributed by atoms with E-state index >= 15 is 0 Å². The zero-order chi connectivity index (χ0) is 25.5. The highest BCUT2D eigenvalue weighted by molar-refractivity contribution is 5.91. The van der Waals surface area contributed by atoms with Gasteiger partial charge in [-0.25, -0.2) is 0 Å². The van der Waals surface area contributed by atoms with Crippen LogP contribution >= 0.6 is 0 Å². The van der Waals surface area contributed by atoms with Crippen molar-refractivity contribution in [2.75, 3.05) is 25.0 Å². The van der Waals surface area contributed by atoms with Gasteiger partial charge in [0.2, 0.25) is 5.72 Å². The Morgan fingerprint density at radius 2 is 1.94 bits per heavy atom. The normalized spacial score (nSPS) is 20.8. The molecule has 1 spiro atoms. The van der Waals surface area contributed by atoms with Crippen molar-refractivity contribution >= 4 is 36.2 Å². The fourth-order valence-electron chi connectivity index (χ4n) is 6.25. The highest BCUT2D eigenvalue weighted by Gasteiger charge is 2.59. The second-order valence-electron chi connectivity index (χ2n) is 10.6. The van der Waals surface area contributed by atoms with E-state index in [1.54, 1.807) is 0 Å². The summed E-state index contributed by atoms with van der Waals surface area (Å²) in [5, 5.41) is 0. The maximum Gasteiger partial charge on any atom is 0.228 e. The highest BCUT2D eigenvalue weighted by atomic mass is 16.5. The lowest BCUT2D eigenvalue weighted by molar-refractivity contribution is -0.111. The standard InChI is InChI=1S/C30H35N3O3/c1-5-9-21-11-8-13-25-26(21)29(2,3)30(32(25)4)20-31-27-24-12-7-6-10-22(24)18-23(28(27)36-30)19-33(14-16-34)15-17-35/h7-8,11-13,16-18,20H,5-6,9-10,14-15,19H2,1-4H3. The molecule has 0 saturated carbocycles. The van der Waals surface area contributed by atoms with Crippen molar-refractivity contribution in [2.45, 2.75) is 64.1 Å². The fourth-order valence-corrected chi connectivity index (χ4v) is 6.25. The second-order valence-corrected chi connectivity index (χ2v) is 10.6. The van der Waals surface area contributed by atoms with Gasteiger partial charge in [0.25, 0.3) is 0 Å². The van der Waals surface area contributed by atoms with Gasteiger partial charge in [0, 0.05) is 30.4 Å². The molecule has 6 heteroatoms. The van der Waals surface area contributed by atoms with Crippen molar-refractivity contribution in [1.29, 1.82) is 0 Å². The van der Waals surface area contributed by atoms with Crippen molar-refractivity contribution in [3.63, 3.8) is 0 Å². The minimum absolute atomic E-state index is 0.191. The summed E-state index contributed by atoms with van der Waals surface area (Å²) < 4.78 is 7.12. The molecule has 0 N–H and O–H groups in total. The number of ether oxygens (including phenoxy) is 1. The van der Waals surface area contributed by atoms with E-state index in [1.807, 2.05) is 11.1 Å². The Labute approximate surface area is 213 Å². The fraction of sp³-hybridized carbons (Fsp3) is 0.433. The third-order valence-corrected chi connectivity index (χ3v) is 8.04. The molecule has 1 unspecified atom stereocenters. The second kappa shape index (κ2) is 9.32. The molecule has 0 fully saturated rings. The molecular weight excluding hydrogens is 450 g/mol. The summed E-state index contributed by atoms with van der Waals surface area (Å²) in [5.41, 5.74) is 6.81. The first-order valence-corrected chi connectivity index (χ1v) is 12.9. The topological polar surface area (TPSA) is 62.2 Å². The third-order valence-electron chi connectivity index (χ3n) is 8.04. The van der Waals surface area contributed by atoms with Crippen LogP contribution in [-0.4, -0.2) is 49.5 Å². The summed E-state index contributed by atoms with van der Waals surface area (Å²) in [5.74, 6) is 0.745. The first kappa shape index (κ1) is 24.4. The number of likely N-dealkylation sites (N-methyl/N-ethyl adjacent to an activating group) is 1. The number of aldehydes is 2. The van der Waals surface area contributed by atoms with Crippen LogP contribution in [0.5, 0.6) is 5.75 Å². The monoisotopic (exact) mass is 485 g/mol. The molecule has 36 heavy (non-hydrogen) atoms. The van der Waals surface area contributed by atoms with Crippen LogP contribution in [0, 0.1) is 0 Å². The number of benzene rings is 2. The molecule has 0 radical (unpaired) electrons. The number of aryl methyl sites for hydroxylation is 2. The highest BCUT2D eigenvalue weighted by Crippen LogP contribution is 2.56. The molecule has 0 saturated heterocycles. The van der Waals surface area contributed by atoms with Gasteiger partial charge in [0.05, 0.1) is 24.7 Å². The average molecular weight is 486 g/mol. The maximum absolute atomic E-state index is 11.3. The molecule has 1 atom stereocenters. The minimum atomic E-state index is -0.798. The first-order valence-electron chi connectivity index (χ1n) is 12.9. The third kappa shape index (κ3) is 3.62. The lowest BCUT2D eigenvalue weighted by Crippen LogP contribution is -2.61. The number of aliphatic imine (C=N–C) groups is 1. The molecule has 5 rings (SSSR count). The van der Waals surface area contributed by atoms with Crippen molar-refractivity contribution in [2.24, 2.45) is 4.99 Å². The van der Waals surface area contributed by atoms with Gasteiger partial charge in [-0.3, -0.25) is 9.89 Å². The average Bonchev–Trinajstić information content (AvgIpc) is 3.03. The van der Waals surface area contributed by atoms with Crippen LogP contribution in [0.1, 0.15) is 61.4 Å². The number of allylic oxidation sites excluding steroid dienone is 1. The lowest BCUT2D eigenvalue weighted by atomic mass is 9.75. The quantitative estimate of drug-likeness (QED) is 0.492. The Hall–Kier alpha value is -3.25. The molecule has 0 aromatic heterocycles. The van der Waals surface area contributed by atoms with Crippen molar-refractivity contribution < 1.29 is 14.3 Å². The number of nitrogens with zero attached hydrogens (tertiary/aromatic N) is 3. The molecule has 6 nitrogen and oxygen atoms in total. The molecule has 0 bridgehead atoms. The largest absolute Gasteiger partial charge is 0.459 e. The van der Waals surface area contributed by atoms with Crippen molar-refractivity contribution in [3.05, 3.63) is 58.2 Å². The van der Waals surface area contributed by atoms with E-state index in [0.29, 0.717) is 6.54 Å². The van der Waals surface area contributed by atoms with Gasteiger partial charge in [-0.1, -0.05) is 43.7 Å². The Morgan fingerprint density at radius 3 is 2.67 bits per heavy atom. The Bertz CT molecular complexity index is 1250. The maximum atomic E-state index is 11.3. The van der Waals surface area contributed by atoms with E-state index in [4.69, 9.17) is 9.73 Å². The molecule has 188 valence electrons. The van der Waals surface area contributed by atoms with E-state index in [2.05, 4.69) is 69.1 Å². The van der Waals surface area contributed by atoms with Gasteiger partial charge in [-0.05, 0) is 55.9 Å². The van der Waals surface area contributed by atoms with Gasteiger partial charge in [-0.2, -0.15) is 0 Å². The van der Waals surface area contributed by atoms with Crippen LogP contribution in [0.2, 0.25) is 0 Å². The van der Waals surface area contributed by atoms with E-state index in [0.717, 1.165) is 60.8 Å². The SMILES string of the molecule is CCCc1cccc2c1C(C)(C)C1(C=Nc3c4c(cc(CN(CC=O)CC=O)c3O1)CCC=C4)N2C. The number of carbonyl (C=O) groups is 2. The number of hydrogen-bond acceptors (Lipinski definition) is 6. The number of fused-ring (bicyclic) bond motifs is 4. The van der Waals surface area contributed by atoms with Crippen LogP contribution in [0.3, 0.4) is 0 Å². The molecule has 2 aromatic rings. The Morgan fingerprint density at radius 1 is 1.17 bits per heavy atom. The number of rotatable bonds is 8. The van der Waals surface area contributed by atoms with E-state index in [-0.39, 0.29) is 18.5 Å².